The molecule has 0 aliphatic heterocycles. The van der Waals surface area contributed by atoms with E-state index in [-0.39, 0.29) is 12.5 Å². The van der Waals surface area contributed by atoms with Gasteiger partial charge in [0.25, 0.3) is 5.89 Å². The highest BCUT2D eigenvalue weighted by Gasteiger charge is 2.13. The van der Waals surface area contributed by atoms with Crippen molar-refractivity contribution in [2.75, 3.05) is 6.54 Å². The maximum atomic E-state index is 12.0. The predicted molar refractivity (Wildman–Crippen MR) is 107 cm³/mol. The number of benzene rings is 2. The van der Waals surface area contributed by atoms with Gasteiger partial charge in [0.05, 0.1) is 0 Å². The number of aromatic nitrogens is 2. The summed E-state index contributed by atoms with van der Waals surface area (Å²) in [6.07, 6.45) is 1.44. The Morgan fingerprint density at radius 2 is 1.83 bits per heavy atom. The van der Waals surface area contributed by atoms with Crippen molar-refractivity contribution < 1.29 is 22.4 Å². The number of ether oxygens (including phenoxy) is 1. The van der Waals surface area contributed by atoms with Gasteiger partial charge in [0.1, 0.15) is 6.54 Å². The third kappa shape index (κ3) is 6.37. The van der Waals surface area contributed by atoms with E-state index in [1.54, 1.807) is 12.1 Å². The average Bonchev–Trinajstić information content (AvgIpc) is 3.20. The lowest BCUT2D eigenvalue weighted by Crippen LogP contribution is -2.29. The second kappa shape index (κ2) is 9.26. The van der Waals surface area contributed by atoms with Gasteiger partial charge in [-0.15, -0.1) is 10.2 Å². The zero-order chi connectivity index (χ0) is 20.7. The first-order chi connectivity index (χ1) is 13.9. The summed E-state index contributed by atoms with van der Waals surface area (Å²) in [5.41, 5.74) is 2.54. The van der Waals surface area contributed by atoms with E-state index in [2.05, 4.69) is 14.9 Å². The van der Waals surface area contributed by atoms with Crippen LogP contribution < -0.4 is 4.72 Å². The number of carbonyl (C=O) groups is 1. The molecule has 0 saturated heterocycles. The minimum atomic E-state index is -3.78. The van der Waals surface area contributed by atoms with E-state index in [4.69, 9.17) is 9.15 Å². The van der Waals surface area contributed by atoms with E-state index in [0.29, 0.717) is 5.89 Å². The summed E-state index contributed by atoms with van der Waals surface area (Å²) in [7, 11) is -3.78. The molecule has 29 heavy (non-hydrogen) atoms. The number of nitrogens with zero attached hydrogens (tertiary/aromatic N) is 2. The van der Waals surface area contributed by atoms with Crippen molar-refractivity contribution in [1.29, 1.82) is 0 Å². The monoisotopic (exact) mass is 413 g/mol. The molecule has 0 fully saturated rings. The summed E-state index contributed by atoms with van der Waals surface area (Å²) in [6, 6.07) is 16.5. The molecule has 9 heteroatoms. The van der Waals surface area contributed by atoms with Gasteiger partial charge in [-0.05, 0) is 30.7 Å². The SMILES string of the molecule is Cc1ccc(C=CS(=O)(=O)NCC(=O)OCc2nnc(-c3ccccc3)o2)cc1. The molecule has 0 saturated carbocycles. The largest absolute Gasteiger partial charge is 0.455 e. The third-order valence-corrected chi connectivity index (χ3v) is 4.82. The van der Waals surface area contributed by atoms with Crippen LogP contribution in [0.25, 0.3) is 17.5 Å². The van der Waals surface area contributed by atoms with Gasteiger partial charge < -0.3 is 9.15 Å². The molecule has 0 unspecified atom stereocenters. The van der Waals surface area contributed by atoms with Crippen molar-refractivity contribution in [2.45, 2.75) is 13.5 Å². The van der Waals surface area contributed by atoms with Crippen LogP contribution in [0.3, 0.4) is 0 Å². The van der Waals surface area contributed by atoms with Gasteiger partial charge in [-0.3, -0.25) is 4.79 Å². The first-order valence-corrected chi connectivity index (χ1v) is 10.2. The van der Waals surface area contributed by atoms with Crippen LogP contribution in [-0.4, -0.2) is 31.1 Å². The molecule has 0 bridgehead atoms. The molecule has 1 aromatic heterocycles. The predicted octanol–water partition coefficient (Wildman–Crippen LogP) is 2.68. The highest BCUT2D eigenvalue weighted by Crippen LogP contribution is 2.17. The van der Waals surface area contributed by atoms with Crippen molar-refractivity contribution in [3.63, 3.8) is 0 Å². The highest BCUT2D eigenvalue weighted by atomic mass is 32.2. The zero-order valence-electron chi connectivity index (χ0n) is 15.6. The van der Waals surface area contributed by atoms with Crippen molar-refractivity contribution in [1.82, 2.24) is 14.9 Å². The van der Waals surface area contributed by atoms with Crippen LogP contribution in [0, 0.1) is 6.92 Å². The van der Waals surface area contributed by atoms with Gasteiger partial charge in [0.15, 0.2) is 6.61 Å². The summed E-state index contributed by atoms with van der Waals surface area (Å²) in [6.45, 7) is 1.17. The number of sulfonamides is 1. The molecule has 0 atom stereocenters. The van der Waals surface area contributed by atoms with Crippen LogP contribution in [0.15, 0.2) is 64.4 Å². The normalized spacial score (nSPS) is 11.6. The van der Waals surface area contributed by atoms with Crippen LogP contribution in [0.5, 0.6) is 0 Å². The van der Waals surface area contributed by atoms with Crippen molar-refractivity contribution >= 4 is 22.1 Å². The van der Waals surface area contributed by atoms with Crippen LogP contribution in [0.2, 0.25) is 0 Å². The minimum Gasteiger partial charge on any atom is -0.455 e. The lowest BCUT2D eigenvalue weighted by molar-refractivity contribution is -0.144. The number of rotatable bonds is 8. The molecule has 0 aliphatic carbocycles. The Morgan fingerprint density at radius 3 is 2.55 bits per heavy atom. The number of carbonyl (C=O) groups excluding carboxylic acids is 1. The summed E-state index contributed by atoms with van der Waals surface area (Å²) in [4.78, 5) is 11.8. The average molecular weight is 413 g/mol. The molecule has 150 valence electrons. The van der Waals surface area contributed by atoms with Gasteiger partial charge in [-0.1, -0.05) is 48.0 Å². The third-order valence-electron chi connectivity index (χ3n) is 3.78. The van der Waals surface area contributed by atoms with E-state index in [1.807, 2.05) is 49.4 Å². The van der Waals surface area contributed by atoms with E-state index >= 15 is 0 Å². The fraction of sp³-hybridized carbons (Fsp3) is 0.150. The molecule has 8 nitrogen and oxygen atoms in total. The van der Waals surface area contributed by atoms with Crippen LogP contribution in [0.4, 0.5) is 0 Å². The Morgan fingerprint density at radius 1 is 1.10 bits per heavy atom. The Bertz CT molecular complexity index is 1090. The lowest BCUT2D eigenvalue weighted by Gasteiger charge is -2.03. The smallest absolute Gasteiger partial charge is 0.321 e. The minimum absolute atomic E-state index is 0.110. The molecule has 0 amide bonds. The maximum absolute atomic E-state index is 12.0. The molecular weight excluding hydrogens is 394 g/mol. The van der Waals surface area contributed by atoms with Gasteiger partial charge in [0.2, 0.25) is 15.9 Å². The molecule has 0 radical (unpaired) electrons. The molecule has 2 aromatic carbocycles. The molecular formula is C20H19N3O5S. The number of hydrogen-bond donors (Lipinski definition) is 1. The van der Waals surface area contributed by atoms with Crippen molar-refractivity contribution in [2.24, 2.45) is 0 Å². The molecule has 0 aliphatic rings. The van der Waals surface area contributed by atoms with E-state index in [9.17, 15) is 13.2 Å². The van der Waals surface area contributed by atoms with E-state index < -0.39 is 22.5 Å². The van der Waals surface area contributed by atoms with Crippen LogP contribution >= 0.6 is 0 Å². The fourth-order valence-electron chi connectivity index (χ4n) is 2.26. The second-order valence-corrected chi connectivity index (χ2v) is 7.76. The highest BCUT2D eigenvalue weighted by molar-refractivity contribution is 7.92. The maximum Gasteiger partial charge on any atom is 0.321 e. The lowest BCUT2D eigenvalue weighted by atomic mass is 10.2. The van der Waals surface area contributed by atoms with Gasteiger partial charge >= 0.3 is 5.97 Å². The standard InChI is InChI=1S/C20H19N3O5S/c1-15-7-9-16(10-8-15)11-12-29(25,26)21-13-19(24)27-14-18-22-23-20(28-18)17-5-3-2-4-6-17/h2-12,21H,13-14H2,1H3. The number of esters is 1. The van der Waals surface area contributed by atoms with Crippen molar-refractivity contribution in [3.05, 3.63) is 77.0 Å². The summed E-state index contributed by atoms with van der Waals surface area (Å²) >= 11 is 0. The quantitative estimate of drug-likeness (QED) is 0.565. The Labute approximate surface area is 168 Å². The Balaban J connectivity index is 1.47. The molecule has 1 heterocycles. The first-order valence-electron chi connectivity index (χ1n) is 8.69. The summed E-state index contributed by atoms with van der Waals surface area (Å²) < 4.78 is 36.5. The Kier molecular flexibility index (Phi) is 6.53. The molecule has 3 aromatic rings. The van der Waals surface area contributed by atoms with Crippen molar-refractivity contribution in [3.8, 4) is 11.5 Å². The molecule has 3 rings (SSSR count). The summed E-state index contributed by atoms with van der Waals surface area (Å²) in [5.74, 6) is -0.352. The number of aryl methyl sites for hydroxylation is 1. The van der Waals surface area contributed by atoms with Crippen LogP contribution in [0.1, 0.15) is 17.0 Å². The first kappa shape index (κ1) is 20.4. The second-order valence-electron chi connectivity index (χ2n) is 6.11. The van der Waals surface area contributed by atoms with E-state index in [1.165, 1.54) is 6.08 Å². The zero-order valence-corrected chi connectivity index (χ0v) is 16.4. The summed E-state index contributed by atoms with van der Waals surface area (Å²) in [5, 5.41) is 8.67. The number of hydrogen-bond acceptors (Lipinski definition) is 7. The Hall–Kier alpha value is -3.30. The van der Waals surface area contributed by atoms with Gasteiger partial charge in [-0.2, -0.15) is 0 Å². The van der Waals surface area contributed by atoms with Gasteiger partial charge in [-0.25, -0.2) is 13.1 Å². The number of nitrogens with one attached hydrogen (secondary N) is 1. The van der Waals surface area contributed by atoms with E-state index in [0.717, 1.165) is 22.1 Å². The fourth-order valence-corrected chi connectivity index (χ4v) is 3.01. The molecule has 1 N–H and O–H groups in total. The van der Waals surface area contributed by atoms with Crippen LogP contribution in [-0.2, 0) is 26.2 Å². The van der Waals surface area contributed by atoms with Gasteiger partial charge in [0, 0.05) is 11.0 Å². The molecule has 0 spiro atoms. The topological polar surface area (TPSA) is 111 Å².